The third-order valence-electron chi connectivity index (χ3n) is 6.47. The van der Waals surface area contributed by atoms with Crippen LogP contribution in [-0.2, 0) is 24.1 Å². The Bertz CT molecular complexity index is 1020. The van der Waals surface area contributed by atoms with E-state index >= 15 is 0 Å². The van der Waals surface area contributed by atoms with E-state index in [0.29, 0.717) is 53.9 Å². The second-order valence-corrected chi connectivity index (χ2v) is 12.8. The summed E-state index contributed by atoms with van der Waals surface area (Å²) >= 11 is 0. The van der Waals surface area contributed by atoms with Gasteiger partial charge in [-0.2, -0.15) is 0 Å². The molecule has 0 saturated carbocycles. The molecule has 10 nitrogen and oxygen atoms in total. The van der Waals surface area contributed by atoms with Gasteiger partial charge < -0.3 is 29.3 Å². The van der Waals surface area contributed by atoms with Gasteiger partial charge >= 0.3 is 6.09 Å². The van der Waals surface area contributed by atoms with Crippen molar-refractivity contribution < 1.29 is 32.2 Å². The molecule has 0 spiro atoms. The van der Waals surface area contributed by atoms with Crippen LogP contribution in [0.5, 0.6) is 5.75 Å². The van der Waals surface area contributed by atoms with Crippen LogP contribution in [-0.4, -0.2) is 95.2 Å². The van der Waals surface area contributed by atoms with Crippen molar-refractivity contribution in [2.75, 3.05) is 59.4 Å². The maximum atomic E-state index is 12.8. The zero-order valence-electron chi connectivity index (χ0n) is 24.0. The number of carbonyl (C=O) groups excluding carboxylic acids is 2. The second-order valence-electron chi connectivity index (χ2n) is 10.9. The smallest absolute Gasteiger partial charge is 0.410 e. The summed E-state index contributed by atoms with van der Waals surface area (Å²) in [6.45, 7) is 11.5. The summed E-state index contributed by atoms with van der Waals surface area (Å²) in [5.41, 5.74) is 0.774. The number of hydrogen-bond donors (Lipinski definition) is 1. The molecular formula is C27H45N3O7S. The van der Waals surface area contributed by atoms with E-state index in [1.807, 2.05) is 20.8 Å². The van der Waals surface area contributed by atoms with E-state index in [1.54, 1.807) is 49.9 Å². The average molecular weight is 556 g/mol. The standard InChI is InChI=1S/C27H45N3O7S/c1-20-16-23(35-7)17-21(2)25(20)38(33,34)19-28-11-15-36-18-24(31)30-13-9-22(10-14-30)8-12-29(6)26(32)37-27(3,4)5/h16-17,22,28H,8-15,18-19H2,1-7H3. The number of aryl methyl sites for hydroxylation is 2. The van der Waals surface area contributed by atoms with Crippen LogP contribution < -0.4 is 10.1 Å². The van der Waals surface area contributed by atoms with Gasteiger partial charge in [0, 0.05) is 33.2 Å². The van der Waals surface area contributed by atoms with Gasteiger partial charge in [0.05, 0.1) is 18.6 Å². The van der Waals surface area contributed by atoms with Gasteiger partial charge in [-0.25, -0.2) is 13.2 Å². The first kappa shape index (κ1) is 31.8. The van der Waals surface area contributed by atoms with Crippen molar-refractivity contribution in [2.45, 2.75) is 64.4 Å². The minimum Gasteiger partial charge on any atom is -0.497 e. The van der Waals surface area contributed by atoms with Crippen molar-refractivity contribution in [2.24, 2.45) is 5.92 Å². The minimum absolute atomic E-state index is 0.0306. The summed E-state index contributed by atoms with van der Waals surface area (Å²) in [5.74, 6) is 0.801. The monoisotopic (exact) mass is 555 g/mol. The van der Waals surface area contributed by atoms with E-state index in [0.717, 1.165) is 19.3 Å². The molecule has 1 aromatic rings. The minimum atomic E-state index is -3.52. The first-order chi connectivity index (χ1) is 17.7. The molecule has 216 valence electrons. The Morgan fingerprint density at radius 1 is 1.13 bits per heavy atom. The van der Waals surface area contributed by atoms with Crippen molar-refractivity contribution in [3.63, 3.8) is 0 Å². The zero-order chi connectivity index (χ0) is 28.5. The van der Waals surface area contributed by atoms with Gasteiger partial charge in [-0.05, 0) is 83.1 Å². The molecule has 0 aromatic heterocycles. The van der Waals surface area contributed by atoms with Crippen LogP contribution in [0.2, 0.25) is 0 Å². The van der Waals surface area contributed by atoms with Crippen LogP contribution in [0.15, 0.2) is 17.0 Å². The van der Waals surface area contributed by atoms with Crippen molar-refractivity contribution in [1.29, 1.82) is 0 Å². The molecule has 0 aliphatic carbocycles. The molecule has 11 heteroatoms. The number of sulfone groups is 1. The van der Waals surface area contributed by atoms with Crippen molar-refractivity contribution in [1.82, 2.24) is 15.1 Å². The molecule has 0 radical (unpaired) electrons. The molecule has 0 atom stereocenters. The molecule has 0 unspecified atom stereocenters. The number of carbonyl (C=O) groups is 2. The van der Waals surface area contributed by atoms with Crippen molar-refractivity contribution in [3.8, 4) is 5.75 Å². The third kappa shape index (κ3) is 10.1. The van der Waals surface area contributed by atoms with Crippen LogP contribution in [0, 0.1) is 19.8 Å². The van der Waals surface area contributed by atoms with Gasteiger partial charge in [0.2, 0.25) is 5.91 Å². The Labute approximate surface area is 227 Å². The summed E-state index contributed by atoms with van der Waals surface area (Å²) in [6.07, 6.45) is 2.33. The normalized spacial score (nSPS) is 14.9. The number of likely N-dealkylation sites (tertiary alicyclic amines) is 1. The topological polar surface area (TPSA) is 114 Å². The molecule has 1 N–H and O–H groups in total. The molecule has 0 bridgehead atoms. The van der Waals surface area contributed by atoms with Gasteiger partial charge in [0.15, 0.2) is 9.84 Å². The number of ether oxygens (including phenoxy) is 3. The zero-order valence-corrected chi connectivity index (χ0v) is 24.8. The predicted molar refractivity (Wildman–Crippen MR) is 146 cm³/mol. The summed E-state index contributed by atoms with van der Waals surface area (Å²) in [7, 11) is -0.228. The number of amides is 2. The van der Waals surface area contributed by atoms with Crippen LogP contribution in [0.4, 0.5) is 4.79 Å². The number of nitrogens with zero attached hydrogens (tertiary/aromatic N) is 2. The molecule has 1 aromatic carbocycles. The van der Waals surface area contributed by atoms with E-state index in [9.17, 15) is 18.0 Å². The van der Waals surface area contributed by atoms with Crippen molar-refractivity contribution in [3.05, 3.63) is 23.3 Å². The number of rotatable bonds is 12. The highest BCUT2D eigenvalue weighted by Gasteiger charge is 2.25. The van der Waals surface area contributed by atoms with E-state index < -0.39 is 15.4 Å². The van der Waals surface area contributed by atoms with E-state index in [-0.39, 0.29) is 31.1 Å². The number of nitrogens with one attached hydrogen (secondary N) is 1. The number of benzene rings is 1. The van der Waals surface area contributed by atoms with Crippen LogP contribution in [0.25, 0.3) is 0 Å². The summed E-state index contributed by atoms with van der Waals surface area (Å²) in [6, 6.07) is 3.42. The molecule has 1 fully saturated rings. The highest BCUT2D eigenvalue weighted by atomic mass is 32.2. The molecular weight excluding hydrogens is 510 g/mol. The molecule has 38 heavy (non-hydrogen) atoms. The molecule has 1 heterocycles. The second kappa shape index (κ2) is 14.1. The highest BCUT2D eigenvalue weighted by Crippen LogP contribution is 2.26. The SMILES string of the molecule is COc1cc(C)c(S(=O)(=O)CNCCOCC(=O)N2CCC(CCN(C)C(=O)OC(C)(C)C)CC2)c(C)c1. The Morgan fingerprint density at radius 2 is 1.74 bits per heavy atom. The van der Waals surface area contributed by atoms with Gasteiger partial charge in [-0.1, -0.05) is 0 Å². The van der Waals surface area contributed by atoms with Crippen LogP contribution in [0.1, 0.15) is 51.2 Å². The Balaban J connectivity index is 1.64. The predicted octanol–water partition coefficient (Wildman–Crippen LogP) is 3.15. The fourth-order valence-electron chi connectivity index (χ4n) is 4.47. The van der Waals surface area contributed by atoms with E-state index in [2.05, 4.69) is 5.32 Å². The lowest BCUT2D eigenvalue weighted by Gasteiger charge is -2.33. The quantitative estimate of drug-likeness (QED) is 0.391. The number of methoxy groups -OCH3 is 1. The lowest BCUT2D eigenvalue weighted by Crippen LogP contribution is -2.41. The van der Waals surface area contributed by atoms with Gasteiger partial charge in [-0.15, -0.1) is 0 Å². The molecule has 2 amide bonds. The Hall–Kier alpha value is -2.37. The van der Waals surface area contributed by atoms with Gasteiger partial charge in [-0.3, -0.25) is 4.79 Å². The third-order valence-corrected chi connectivity index (χ3v) is 8.32. The maximum Gasteiger partial charge on any atom is 0.410 e. The van der Waals surface area contributed by atoms with E-state index in [4.69, 9.17) is 14.2 Å². The fraction of sp³-hybridized carbons (Fsp3) is 0.704. The highest BCUT2D eigenvalue weighted by molar-refractivity contribution is 7.91. The van der Waals surface area contributed by atoms with Crippen molar-refractivity contribution >= 4 is 21.8 Å². The van der Waals surface area contributed by atoms with E-state index in [1.165, 1.54) is 0 Å². The largest absolute Gasteiger partial charge is 0.497 e. The van der Waals surface area contributed by atoms with Crippen LogP contribution in [0.3, 0.4) is 0 Å². The van der Waals surface area contributed by atoms with Gasteiger partial charge in [0.1, 0.15) is 23.8 Å². The Morgan fingerprint density at radius 3 is 2.29 bits per heavy atom. The number of piperidine rings is 1. The molecule has 2 rings (SSSR count). The lowest BCUT2D eigenvalue weighted by molar-refractivity contribution is -0.137. The summed E-state index contributed by atoms with van der Waals surface area (Å²) < 4.78 is 41.7. The average Bonchev–Trinajstić information content (AvgIpc) is 2.83. The van der Waals surface area contributed by atoms with Crippen LogP contribution >= 0.6 is 0 Å². The lowest BCUT2D eigenvalue weighted by atomic mass is 9.93. The van der Waals surface area contributed by atoms with Gasteiger partial charge in [0.25, 0.3) is 0 Å². The first-order valence-corrected chi connectivity index (χ1v) is 14.8. The fourth-order valence-corrected chi connectivity index (χ4v) is 6.13. The number of hydrogen-bond acceptors (Lipinski definition) is 8. The Kier molecular flexibility index (Phi) is 11.8. The molecule has 1 aliphatic heterocycles. The maximum absolute atomic E-state index is 12.8. The summed E-state index contributed by atoms with van der Waals surface area (Å²) in [4.78, 5) is 28.3. The molecule has 1 aliphatic rings. The molecule has 1 saturated heterocycles. The summed E-state index contributed by atoms with van der Waals surface area (Å²) in [5, 5.41) is 2.90. The first-order valence-electron chi connectivity index (χ1n) is 13.1.